The Bertz CT molecular complexity index is 881. The lowest BCUT2D eigenvalue weighted by molar-refractivity contribution is 0.0772. The number of nitrogens with two attached hydrogens (primary N) is 1. The van der Waals surface area contributed by atoms with E-state index in [1.807, 2.05) is 19.9 Å². The number of aryl methyl sites for hydroxylation is 2. The van der Waals surface area contributed by atoms with Gasteiger partial charge in [0, 0.05) is 36.1 Å². The van der Waals surface area contributed by atoms with Crippen molar-refractivity contribution in [2.75, 3.05) is 13.1 Å². The normalized spacial score (nSPS) is 25.4. The second kappa shape index (κ2) is 5.52. The van der Waals surface area contributed by atoms with E-state index in [1.165, 1.54) is 10.7 Å². The van der Waals surface area contributed by atoms with Crippen molar-refractivity contribution in [2.24, 2.45) is 11.7 Å². The van der Waals surface area contributed by atoms with Gasteiger partial charge in [-0.1, -0.05) is 6.42 Å². The van der Waals surface area contributed by atoms with Gasteiger partial charge in [-0.15, -0.1) is 0 Å². The minimum Gasteiger partial charge on any atom is -0.335 e. The summed E-state index contributed by atoms with van der Waals surface area (Å²) in [4.78, 5) is 35.4. The molecule has 1 aliphatic carbocycles. The number of H-pyrrole nitrogens is 1. The molecule has 2 aromatic rings. The Kier molecular flexibility index (Phi) is 3.54. The molecule has 3 heterocycles. The lowest BCUT2D eigenvalue weighted by atomic mass is 9.92. The number of carbonyl (C=O) groups is 1. The Labute approximate surface area is 145 Å². The van der Waals surface area contributed by atoms with Crippen molar-refractivity contribution in [3.8, 4) is 5.95 Å². The summed E-state index contributed by atoms with van der Waals surface area (Å²) >= 11 is 0. The first kappa shape index (κ1) is 16.0. The molecule has 8 nitrogen and oxygen atoms in total. The molecule has 4 rings (SSSR count). The number of hydrogen-bond acceptors (Lipinski definition) is 5. The largest absolute Gasteiger partial charge is 0.335 e. The highest BCUT2D eigenvalue weighted by Gasteiger charge is 2.48. The Balaban J connectivity index is 1.62. The molecule has 0 bridgehead atoms. The van der Waals surface area contributed by atoms with Gasteiger partial charge in [0.2, 0.25) is 0 Å². The number of nitrogens with one attached hydrogen (secondary N) is 1. The van der Waals surface area contributed by atoms with Crippen LogP contribution in [0.1, 0.15) is 41.1 Å². The van der Waals surface area contributed by atoms with Crippen molar-refractivity contribution in [1.82, 2.24) is 24.6 Å². The highest BCUT2D eigenvalue weighted by Crippen LogP contribution is 2.39. The molecule has 132 valence electrons. The first-order chi connectivity index (χ1) is 11.9. The zero-order valence-electron chi connectivity index (χ0n) is 14.5. The molecule has 0 spiro atoms. The SMILES string of the molecule is Cc1cc(C)nc(-n2[nH]c(C(=O)N3CC4CCCC4(N)C3)cc2=O)n1. The van der Waals surface area contributed by atoms with Crippen LogP contribution in [0.25, 0.3) is 5.95 Å². The van der Waals surface area contributed by atoms with Crippen molar-refractivity contribution in [3.05, 3.63) is 39.6 Å². The van der Waals surface area contributed by atoms with Crippen molar-refractivity contribution < 1.29 is 4.79 Å². The Morgan fingerprint density at radius 1 is 1.32 bits per heavy atom. The lowest BCUT2D eigenvalue weighted by Crippen LogP contribution is -2.44. The third kappa shape index (κ3) is 2.66. The predicted molar refractivity (Wildman–Crippen MR) is 91.6 cm³/mol. The number of carbonyl (C=O) groups excluding carboxylic acids is 1. The molecule has 2 atom stereocenters. The second-order valence-electron chi connectivity index (χ2n) is 7.30. The summed E-state index contributed by atoms with van der Waals surface area (Å²) in [6.07, 6.45) is 3.14. The molecule has 2 fully saturated rings. The average molecular weight is 342 g/mol. The molecular weight excluding hydrogens is 320 g/mol. The van der Waals surface area contributed by atoms with E-state index < -0.39 is 0 Å². The van der Waals surface area contributed by atoms with Crippen LogP contribution in [0, 0.1) is 19.8 Å². The summed E-state index contributed by atoms with van der Waals surface area (Å²) in [5, 5.41) is 2.85. The lowest BCUT2D eigenvalue weighted by Gasteiger charge is -2.22. The molecular formula is C17H22N6O2. The molecule has 1 saturated heterocycles. The van der Waals surface area contributed by atoms with Gasteiger partial charge in [-0.2, -0.15) is 4.68 Å². The van der Waals surface area contributed by atoms with Gasteiger partial charge in [0.05, 0.1) is 0 Å². The van der Waals surface area contributed by atoms with Gasteiger partial charge in [0.15, 0.2) is 0 Å². The fraction of sp³-hybridized carbons (Fsp3) is 0.529. The van der Waals surface area contributed by atoms with Crippen LogP contribution in [0.3, 0.4) is 0 Å². The van der Waals surface area contributed by atoms with E-state index >= 15 is 0 Å². The van der Waals surface area contributed by atoms with Crippen molar-refractivity contribution in [2.45, 2.75) is 38.6 Å². The highest BCUT2D eigenvalue weighted by atomic mass is 16.2. The maximum absolute atomic E-state index is 12.8. The van der Waals surface area contributed by atoms with Crippen LogP contribution in [0.2, 0.25) is 0 Å². The Morgan fingerprint density at radius 2 is 2.04 bits per heavy atom. The number of nitrogens with zero attached hydrogens (tertiary/aromatic N) is 4. The Hall–Kier alpha value is -2.48. The number of amides is 1. The monoisotopic (exact) mass is 342 g/mol. The molecule has 2 aliphatic rings. The predicted octanol–water partition coefficient (Wildman–Crippen LogP) is 0.526. The van der Waals surface area contributed by atoms with Crippen LogP contribution < -0.4 is 11.3 Å². The summed E-state index contributed by atoms with van der Waals surface area (Å²) in [6.45, 7) is 4.87. The number of fused-ring (bicyclic) bond motifs is 1. The smallest absolute Gasteiger partial charge is 0.274 e. The second-order valence-corrected chi connectivity index (χ2v) is 7.30. The fourth-order valence-electron chi connectivity index (χ4n) is 4.12. The third-order valence-corrected chi connectivity index (χ3v) is 5.34. The summed E-state index contributed by atoms with van der Waals surface area (Å²) in [5.74, 6) is 0.405. The van der Waals surface area contributed by atoms with Crippen LogP contribution in [0.4, 0.5) is 0 Å². The van der Waals surface area contributed by atoms with E-state index in [9.17, 15) is 9.59 Å². The van der Waals surface area contributed by atoms with Gasteiger partial charge in [0.25, 0.3) is 17.4 Å². The van der Waals surface area contributed by atoms with Crippen LogP contribution in [0.15, 0.2) is 16.9 Å². The molecule has 8 heteroatoms. The van der Waals surface area contributed by atoms with Crippen LogP contribution in [-0.4, -0.2) is 49.2 Å². The number of aromatic nitrogens is 4. The zero-order valence-corrected chi connectivity index (χ0v) is 14.5. The molecule has 2 aromatic heterocycles. The quantitative estimate of drug-likeness (QED) is 0.827. The van der Waals surface area contributed by atoms with Gasteiger partial charge in [-0.25, -0.2) is 9.97 Å². The number of aromatic amines is 1. The van der Waals surface area contributed by atoms with Crippen molar-refractivity contribution in [1.29, 1.82) is 0 Å². The molecule has 0 radical (unpaired) electrons. The summed E-state index contributed by atoms with van der Waals surface area (Å²) in [7, 11) is 0. The molecule has 0 aromatic carbocycles. The maximum atomic E-state index is 12.8. The van der Waals surface area contributed by atoms with Crippen LogP contribution in [-0.2, 0) is 0 Å². The van der Waals surface area contributed by atoms with Gasteiger partial charge >= 0.3 is 0 Å². The van der Waals surface area contributed by atoms with Crippen molar-refractivity contribution in [3.63, 3.8) is 0 Å². The van der Waals surface area contributed by atoms with Gasteiger partial charge in [-0.3, -0.25) is 14.7 Å². The first-order valence-electron chi connectivity index (χ1n) is 8.59. The van der Waals surface area contributed by atoms with E-state index in [0.717, 1.165) is 30.7 Å². The standard InChI is InChI=1S/C17H22N6O2/c1-10-6-11(2)20-16(19-10)23-14(24)7-13(21-23)15(25)22-8-12-4-3-5-17(12,18)9-22/h6-7,12,21H,3-5,8-9,18H2,1-2H3. The topological polar surface area (TPSA) is 110 Å². The molecule has 2 unspecified atom stereocenters. The van der Waals surface area contributed by atoms with E-state index in [1.54, 1.807) is 4.90 Å². The zero-order chi connectivity index (χ0) is 17.8. The molecule has 3 N–H and O–H groups in total. The third-order valence-electron chi connectivity index (χ3n) is 5.34. The maximum Gasteiger partial charge on any atom is 0.274 e. The molecule has 1 amide bonds. The highest BCUT2D eigenvalue weighted by molar-refractivity contribution is 5.92. The van der Waals surface area contributed by atoms with Gasteiger partial charge in [0.1, 0.15) is 5.69 Å². The average Bonchev–Trinajstić information content (AvgIpc) is 3.16. The van der Waals surface area contributed by atoms with Gasteiger partial charge in [-0.05, 0) is 38.7 Å². The number of hydrogen-bond donors (Lipinski definition) is 2. The van der Waals surface area contributed by atoms with E-state index in [2.05, 4.69) is 15.1 Å². The first-order valence-corrected chi connectivity index (χ1v) is 8.59. The van der Waals surface area contributed by atoms with Gasteiger partial charge < -0.3 is 10.6 Å². The van der Waals surface area contributed by atoms with E-state index in [4.69, 9.17) is 5.73 Å². The van der Waals surface area contributed by atoms with Crippen molar-refractivity contribution >= 4 is 5.91 Å². The molecule has 1 saturated carbocycles. The fourth-order valence-corrected chi connectivity index (χ4v) is 4.12. The van der Waals surface area contributed by atoms with E-state index in [-0.39, 0.29) is 28.6 Å². The Morgan fingerprint density at radius 3 is 2.72 bits per heavy atom. The summed E-state index contributed by atoms with van der Waals surface area (Å²) in [5.41, 5.74) is 7.58. The molecule has 1 aliphatic heterocycles. The minimum absolute atomic E-state index is 0.195. The summed E-state index contributed by atoms with van der Waals surface area (Å²) < 4.78 is 1.21. The van der Waals surface area contributed by atoms with Crippen LogP contribution >= 0.6 is 0 Å². The number of likely N-dealkylation sites (tertiary alicyclic amines) is 1. The van der Waals surface area contributed by atoms with E-state index in [0.29, 0.717) is 19.0 Å². The number of rotatable bonds is 2. The van der Waals surface area contributed by atoms with Crippen LogP contribution in [0.5, 0.6) is 0 Å². The summed E-state index contributed by atoms with van der Waals surface area (Å²) in [6, 6.07) is 3.13. The minimum atomic E-state index is -0.352. The molecule has 25 heavy (non-hydrogen) atoms.